The van der Waals surface area contributed by atoms with Crippen molar-refractivity contribution in [3.05, 3.63) is 34.7 Å². The Morgan fingerprint density at radius 1 is 1.48 bits per heavy atom. The van der Waals surface area contributed by atoms with Crippen LogP contribution in [0.2, 0.25) is 5.02 Å². The predicted molar refractivity (Wildman–Crippen MR) is 92.2 cm³/mol. The van der Waals surface area contributed by atoms with Gasteiger partial charge in [-0.15, -0.1) is 11.3 Å². The average Bonchev–Trinajstić information content (AvgIpc) is 2.93. The second-order valence-corrected chi connectivity index (χ2v) is 6.70. The van der Waals surface area contributed by atoms with Crippen molar-refractivity contribution in [3.63, 3.8) is 0 Å². The van der Waals surface area contributed by atoms with E-state index < -0.39 is 6.04 Å². The topological polar surface area (TPSA) is 68.0 Å². The molecule has 1 heterocycles. The fraction of sp³-hybridized carbons (Fsp3) is 0.286. The Bertz CT molecular complexity index is 601. The highest BCUT2D eigenvalue weighted by atomic mass is 35.5. The number of aromatic nitrogens is 1. The van der Waals surface area contributed by atoms with E-state index in [2.05, 4.69) is 10.3 Å². The van der Waals surface area contributed by atoms with Crippen LogP contribution in [0.1, 0.15) is 6.42 Å². The SMILES string of the molecule is CSCC[C@H](N)C(=O)Nc1nc(-c2ccc(Cl)cc2)cs1. The number of anilines is 1. The van der Waals surface area contributed by atoms with E-state index in [0.29, 0.717) is 16.6 Å². The molecule has 0 radical (unpaired) electrons. The quantitative estimate of drug-likeness (QED) is 0.844. The van der Waals surface area contributed by atoms with Gasteiger partial charge in [-0.2, -0.15) is 11.8 Å². The van der Waals surface area contributed by atoms with Crippen LogP contribution >= 0.6 is 34.7 Å². The van der Waals surface area contributed by atoms with Gasteiger partial charge in [0.15, 0.2) is 5.13 Å². The van der Waals surface area contributed by atoms with Gasteiger partial charge in [0.1, 0.15) is 0 Å². The minimum Gasteiger partial charge on any atom is -0.320 e. The van der Waals surface area contributed by atoms with Crippen LogP contribution in [0.3, 0.4) is 0 Å². The number of thioether (sulfide) groups is 1. The Hall–Kier alpha value is -1.08. The number of hydrogen-bond acceptors (Lipinski definition) is 5. The average molecular weight is 342 g/mol. The lowest BCUT2D eigenvalue weighted by Crippen LogP contribution is -2.36. The van der Waals surface area contributed by atoms with Gasteiger partial charge in [-0.1, -0.05) is 23.7 Å². The van der Waals surface area contributed by atoms with E-state index in [4.69, 9.17) is 17.3 Å². The summed E-state index contributed by atoms with van der Waals surface area (Å²) in [4.78, 5) is 16.3. The van der Waals surface area contributed by atoms with Crippen LogP contribution in [0.5, 0.6) is 0 Å². The number of carbonyl (C=O) groups is 1. The Balaban J connectivity index is 2.00. The van der Waals surface area contributed by atoms with Gasteiger partial charge in [0, 0.05) is 16.0 Å². The standard InChI is InChI=1S/C14H16ClN3OS2/c1-20-7-6-11(16)13(19)18-14-17-12(8-21-14)9-2-4-10(15)5-3-9/h2-5,8,11H,6-7,16H2,1H3,(H,17,18,19)/t11-/m0/s1. The Kier molecular flexibility index (Phi) is 6.05. The summed E-state index contributed by atoms with van der Waals surface area (Å²) < 4.78 is 0. The molecule has 2 rings (SSSR count). The van der Waals surface area contributed by atoms with Crippen molar-refractivity contribution in [2.45, 2.75) is 12.5 Å². The van der Waals surface area contributed by atoms with Crippen LogP contribution in [0.25, 0.3) is 11.3 Å². The third kappa shape index (κ3) is 4.71. The molecular formula is C14H16ClN3OS2. The zero-order chi connectivity index (χ0) is 15.2. The summed E-state index contributed by atoms with van der Waals surface area (Å²) in [6.45, 7) is 0. The molecular weight excluding hydrogens is 326 g/mol. The first kappa shape index (κ1) is 16.3. The highest BCUT2D eigenvalue weighted by Crippen LogP contribution is 2.26. The molecule has 1 atom stereocenters. The summed E-state index contributed by atoms with van der Waals surface area (Å²) in [6.07, 6.45) is 2.65. The molecule has 0 aliphatic heterocycles. The van der Waals surface area contributed by atoms with Gasteiger partial charge in [0.2, 0.25) is 5.91 Å². The number of thiazole rings is 1. The lowest BCUT2D eigenvalue weighted by molar-refractivity contribution is -0.117. The number of rotatable bonds is 6. The molecule has 0 fully saturated rings. The molecule has 0 saturated heterocycles. The molecule has 0 saturated carbocycles. The molecule has 21 heavy (non-hydrogen) atoms. The van der Waals surface area contributed by atoms with Crippen LogP contribution in [-0.4, -0.2) is 28.9 Å². The first-order valence-electron chi connectivity index (χ1n) is 6.37. The first-order chi connectivity index (χ1) is 10.1. The van der Waals surface area contributed by atoms with Gasteiger partial charge in [-0.05, 0) is 30.6 Å². The van der Waals surface area contributed by atoms with Crippen LogP contribution in [0, 0.1) is 0 Å². The lowest BCUT2D eigenvalue weighted by atomic mass is 10.2. The summed E-state index contributed by atoms with van der Waals surface area (Å²) in [7, 11) is 0. The normalized spacial score (nSPS) is 12.1. The van der Waals surface area contributed by atoms with E-state index >= 15 is 0 Å². The molecule has 0 bridgehead atoms. The number of nitrogens with zero attached hydrogens (tertiary/aromatic N) is 1. The molecule has 112 valence electrons. The van der Waals surface area contributed by atoms with Gasteiger partial charge in [0.25, 0.3) is 0 Å². The Morgan fingerprint density at radius 3 is 2.86 bits per heavy atom. The van der Waals surface area contributed by atoms with Crippen molar-refractivity contribution in [1.29, 1.82) is 0 Å². The van der Waals surface area contributed by atoms with Crippen molar-refractivity contribution < 1.29 is 4.79 Å². The summed E-state index contributed by atoms with van der Waals surface area (Å²) in [5, 5.41) is 5.90. The Morgan fingerprint density at radius 2 is 2.19 bits per heavy atom. The molecule has 1 aromatic carbocycles. The third-order valence-corrected chi connectivity index (χ3v) is 4.50. The van der Waals surface area contributed by atoms with E-state index in [0.717, 1.165) is 17.0 Å². The van der Waals surface area contributed by atoms with Gasteiger partial charge >= 0.3 is 0 Å². The molecule has 4 nitrogen and oxygen atoms in total. The van der Waals surface area contributed by atoms with Crippen molar-refractivity contribution in [2.24, 2.45) is 5.73 Å². The monoisotopic (exact) mass is 341 g/mol. The zero-order valence-corrected chi connectivity index (χ0v) is 13.9. The highest BCUT2D eigenvalue weighted by Gasteiger charge is 2.15. The molecule has 1 amide bonds. The smallest absolute Gasteiger partial charge is 0.243 e. The number of amides is 1. The van der Waals surface area contributed by atoms with Crippen LogP contribution in [0.15, 0.2) is 29.6 Å². The highest BCUT2D eigenvalue weighted by molar-refractivity contribution is 7.98. The first-order valence-corrected chi connectivity index (χ1v) is 9.02. The second kappa shape index (κ2) is 7.79. The second-order valence-electron chi connectivity index (χ2n) is 4.42. The molecule has 3 N–H and O–H groups in total. The maximum Gasteiger partial charge on any atom is 0.243 e. The number of hydrogen-bond donors (Lipinski definition) is 2. The summed E-state index contributed by atoms with van der Waals surface area (Å²) in [6, 6.07) is 6.92. The van der Waals surface area contributed by atoms with Crippen LogP contribution < -0.4 is 11.1 Å². The lowest BCUT2D eigenvalue weighted by Gasteiger charge is -2.09. The molecule has 0 aliphatic rings. The Labute approximate surface area is 137 Å². The summed E-state index contributed by atoms with van der Waals surface area (Å²) >= 11 is 8.91. The fourth-order valence-corrected chi connectivity index (χ4v) is 3.00. The third-order valence-electron chi connectivity index (χ3n) is 2.84. The van der Waals surface area contributed by atoms with E-state index in [1.165, 1.54) is 11.3 Å². The zero-order valence-electron chi connectivity index (χ0n) is 11.5. The number of halogens is 1. The maximum atomic E-state index is 11.9. The number of nitrogens with two attached hydrogens (primary N) is 1. The minimum absolute atomic E-state index is 0.193. The van der Waals surface area contributed by atoms with Crippen LogP contribution in [0.4, 0.5) is 5.13 Å². The molecule has 0 spiro atoms. The van der Waals surface area contributed by atoms with Gasteiger partial charge in [0.05, 0.1) is 11.7 Å². The van der Waals surface area contributed by atoms with Crippen molar-refractivity contribution in [2.75, 3.05) is 17.3 Å². The minimum atomic E-state index is -0.500. The van der Waals surface area contributed by atoms with E-state index in [-0.39, 0.29) is 5.91 Å². The van der Waals surface area contributed by atoms with E-state index in [1.807, 2.05) is 35.9 Å². The van der Waals surface area contributed by atoms with Crippen molar-refractivity contribution in [3.8, 4) is 11.3 Å². The molecule has 0 aliphatic carbocycles. The number of carbonyl (C=O) groups excluding carboxylic acids is 1. The predicted octanol–water partition coefficient (Wildman–Crippen LogP) is 3.48. The molecule has 1 aromatic heterocycles. The molecule has 0 unspecified atom stereocenters. The molecule has 7 heteroatoms. The number of nitrogens with one attached hydrogen (secondary N) is 1. The maximum absolute atomic E-state index is 11.9. The van der Waals surface area contributed by atoms with E-state index in [1.54, 1.807) is 11.8 Å². The fourth-order valence-electron chi connectivity index (χ4n) is 1.66. The van der Waals surface area contributed by atoms with Crippen LogP contribution in [-0.2, 0) is 4.79 Å². The number of benzene rings is 1. The van der Waals surface area contributed by atoms with Crippen molar-refractivity contribution >= 4 is 45.7 Å². The van der Waals surface area contributed by atoms with E-state index in [9.17, 15) is 4.79 Å². The largest absolute Gasteiger partial charge is 0.320 e. The van der Waals surface area contributed by atoms with Crippen molar-refractivity contribution in [1.82, 2.24) is 4.98 Å². The summed E-state index contributed by atoms with van der Waals surface area (Å²) in [5.74, 6) is 0.670. The molecule has 2 aromatic rings. The van der Waals surface area contributed by atoms with Gasteiger partial charge in [-0.25, -0.2) is 4.98 Å². The van der Waals surface area contributed by atoms with Gasteiger partial charge < -0.3 is 11.1 Å². The summed E-state index contributed by atoms with van der Waals surface area (Å²) in [5.41, 5.74) is 7.59. The van der Waals surface area contributed by atoms with Gasteiger partial charge in [-0.3, -0.25) is 4.79 Å².